The van der Waals surface area contributed by atoms with Crippen molar-refractivity contribution >= 4 is 34.6 Å². The van der Waals surface area contributed by atoms with E-state index in [9.17, 15) is 0 Å². The lowest BCUT2D eigenvalue weighted by molar-refractivity contribution is 0.413. The number of halogens is 1. The second-order valence-corrected chi connectivity index (χ2v) is 10.7. The zero-order chi connectivity index (χ0) is 28.5. The lowest BCUT2D eigenvalue weighted by Crippen LogP contribution is -2.29. The number of ether oxygens (including phenoxy) is 2. The third-order valence-corrected chi connectivity index (χ3v) is 7.91. The van der Waals surface area contributed by atoms with Crippen LogP contribution in [0.4, 0.5) is 5.69 Å². The van der Waals surface area contributed by atoms with Gasteiger partial charge in [-0.1, -0.05) is 23.7 Å². The van der Waals surface area contributed by atoms with Gasteiger partial charge in [-0.15, -0.1) is 0 Å². The molecular formula is C33H29ClN4O2S. The highest BCUT2D eigenvalue weighted by molar-refractivity contribution is 7.80. The average Bonchev–Trinajstić information content (AvgIpc) is 3.49. The van der Waals surface area contributed by atoms with E-state index in [1.165, 1.54) is 0 Å². The first-order valence-electron chi connectivity index (χ1n) is 13.3. The lowest BCUT2D eigenvalue weighted by Gasteiger charge is -2.28. The quantitative estimate of drug-likeness (QED) is 0.196. The highest BCUT2D eigenvalue weighted by atomic mass is 35.5. The Labute approximate surface area is 250 Å². The molecule has 8 heteroatoms. The second-order valence-electron chi connectivity index (χ2n) is 9.91. The maximum atomic E-state index is 6.36. The fourth-order valence-electron chi connectivity index (χ4n) is 5.50. The number of nitrogens with one attached hydrogen (secondary N) is 1. The second kappa shape index (κ2) is 11.3. The van der Waals surface area contributed by atoms with Gasteiger partial charge in [0.15, 0.2) is 5.11 Å². The summed E-state index contributed by atoms with van der Waals surface area (Å²) in [4.78, 5) is 6.88. The van der Waals surface area contributed by atoms with Crippen molar-refractivity contribution in [3.05, 3.63) is 131 Å². The number of methoxy groups -OCH3 is 1. The molecular weight excluding hydrogens is 552 g/mol. The molecule has 1 aliphatic heterocycles. The highest BCUT2D eigenvalue weighted by Gasteiger charge is 2.42. The molecule has 6 nitrogen and oxygen atoms in total. The first kappa shape index (κ1) is 26.9. The van der Waals surface area contributed by atoms with Crippen molar-refractivity contribution in [2.24, 2.45) is 0 Å². The first-order valence-corrected chi connectivity index (χ1v) is 14.1. The molecule has 1 saturated heterocycles. The molecule has 3 heterocycles. The Kier molecular flexibility index (Phi) is 7.39. The molecule has 1 fully saturated rings. The molecule has 0 bridgehead atoms. The largest absolute Gasteiger partial charge is 0.497 e. The Morgan fingerprint density at radius 1 is 0.829 bits per heavy atom. The van der Waals surface area contributed by atoms with Gasteiger partial charge in [0.1, 0.15) is 17.2 Å². The van der Waals surface area contributed by atoms with Gasteiger partial charge in [-0.3, -0.25) is 4.98 Å². The van der Waals surface area contributed by atoms with E-state index in [2.05, 4.69) is 40.8 Å². The predicted octanol–water partition coefficient (Wildman–Crippen LogP) is 8.12. The molecule has 0 unspecified atom stereocenters. The van der Waals surface area contributed by atoms with E-state index in [1.807, 2.05) is 91.1 Å². The molecule has 0 radical (unpaired) electrons. The number of thiocarbonyl (C=S) groups is 1. The number of hydrogen-bond acceptors (Lipinski definition) is 4. The normalized spacial score (nSPS) is 16.5. The number of hydrogen-bond donors (Lipinski definition) is 1. The van der Waals surface area contributed by atoms with Crippen LogP contribution in [-0.4, -0.2) is 21.8 Å². The molecule has 206 valence electrons. The molecule has 1 N–H and O–H groups in total. The van der Waals surface area contributed by atoms with Crippen LogP contribution in [0.25, 0.3) is 5.69 Å². The Morgan fingerprint density at radius 2 is 1.54 bits per heavy atom. The van der Waals surface area contributed by atoms with Crippen LogP contribution in [-0.2, 0) is 0 Å². The van der Waals surface area contributed by atoms with Crippen molar-refractivity contribution in [3.63, 3.8) is 0 Å². The molecule has 41 heavy (non-hydrogen) atoms. The number of anilines is 1. The Bertz CT molecular complexity index is 1690. The van der Waals surface area contributed by atoms with Gasteiger partial charge in [-0.25, -0.2) is 0 Å². The molecule has 3 aromatic carbocycles. The van der Waals surface area contributed by atoms with Gasteiger partial charge in [0.05, 0.1) is 24.9 Å². The number of pyridine rings is 1. The summed E-state index contributed by atoms with van der Waals surface area (Å²) < 4.78 is 13.6. The number of aryl methyl sites for hydroxylation is 1. The summed E-state index contributed by atoms with van der Waals surface area (Å²) in [5.74, 6) is 2.25. The van der Waals surface area contributed by atoms with Gasteiger partial charge >= 0.3 is 0 Å². The Morgan fingerprint density at radius 3 is 2.20 bits per heavy atom. The summed E-state index contributed by atoms with van der Waals surface area (Å²) in [5, 5.41) is 4.90. The number of nitrogens with zero attached hydrogens (tertiary/aromatic N) is 3. The molecule has 0 amide bonds. The molecule has 5 aromatic rings. The number of aromatic nitrogens is 2. The summed E-state index contributed by atoms with van der Waals surface area (Å²) in [6, 6.07) is 31.4. The summed E-state index contributed by atoms with van der Waals surface area (Å²) in [7, 11) is 1.65. The van der Waals surface area contributed by atoms with Crippen LogP contribution in [0.5, 0.6) is 17.2 Å². The minimum absolute atomic E-state index is 0.134. The maximum Gasteiger partial charge on any atom is 0.174 e. The molecule has 0 saturated carbocycles. The van der Waals surface area contributed by atoms with Crippen LogP contribution >= 0.6 is 23.8 Å². The monoisotopic (exact) mass is 580 g/mol. The van der Waals surface area contributed by atoms with Crippen molar-refractivity contribution in [1.82, 2.24) is 14.9 Å². The standard InChI is InChI=1S/C33H29ClN4O2S/c1-21-19-29(22(2)37(21)25-8-6-7-23(34)20-25)32-31(30-9-4-5-18-35-30)36-33(41)38(32)24-10-12-27(13-11-24)40-28-16-14-26(39-3)15-17-28/h4-20,31-32H,1-3H3,(H,36,41)/t31-,32+/m1/s1. The van der Waals surface area contributed by atoms with E-state index in [0.29, 0.717) is 10.1 Å². The van der Waals surface area contributed by atoms with Crippen LogP contribution in [0.3, 0.4) is 0 Å². The minimum atomic E-state index is -0.146. The fourth-order valence-corrected chi connectivity index (χ4v) is 6.03. The Balaban J connectivity index is 1.39. The van der Waals surface area contributed by atoms with Crippen molar-refractivity contribution in [2.75, 3.05) is 12.0 Å². The first-order chi connectivity index (χ1) is 19.9. The highest BCUT2D eigenvalue weighted by Crippen LogP contribution is 2.44. The van der Waals surface area contributed by atoms with E-state index in [0.717, 1.165) is 51.3 Å². The Hall–Kier alpha value is -4.33. The summed E-state index contributed by atoms with van der Waals surface area (Å²) in [6.45, 7) is 4.26. The SMILES string of the molecule is COc1ccc(Oc2ccc(N3C(=S)N[C@H](c4ccccn4)[C@@H]3c3cc(C)n(-c4cccc(Cl)c4)c3C)cc2)cc1. The smallest absolute Gasteiger partial charge is 0.174 e. The number of benzene rings is 3. The number of rotatable bonds is 7. The van der Waals surface area contributed by atoms with Crippen LogP contribution < -0.4 is 19.7 Å². The van der Waals surface area contributed by atoms with Gasteiger partial charge < -0.3 is 24.3 Å². The summed E-state index contributed by atoms with van der Waals surface area (Å²) >= 11 is 12.3. The fraction of sp³-hybridized carbons (Fsp3) is 0.152. The summed E-state index contributed by atoms with van der Waals surface area (Å²) in [5.41, 5.74) is 6.29. The topological polar surface area (TPSA) is 51.6 Å². The van der Waals surface area contributed by atoms with E-state index in [1.54, 1.807) is 7.11 Å². The van der Waals surface area contributed by atoms with Crippen LogP contribution in [0.1, 0.15) is 34.7 Å². The molecule has 0 spiro atoms. The molecule has 0 aliphatic carbocycles. The lowest BCUT2D eigenvalue weighted by atomic mass is 9.96. The van der Waals surface area contributed by atoms with E-state index < -0.39 is 0 Å². The third kappa shape index (κ3) is 5.26. The van der Waals surface area contributed by atoms with Gasteiger partial charge in [0.25, 0.3) is 0 Å². The van der Waals surface area contributed by atoms with E-state index in [4.69, 9.17) is 38.3 Å². The average molecular weight is 581 g/mol. The van der Waals surface area contributed by atoms with Gasteiger partial charge in [-0.05, 0) is 117 Å². The molecule has 2 atom stereocenters. The maximum absolute atomic E-state index is 6.36. The minimum Gasteiger partial charge on any atom is -0.497 e. The van der Waals surface area contributed by atoms with Crippen molar-refractivity contribution < 1.29 is 9.47 Å². The van der Waals surface area contributed by atoms with E-state index >= 15 is 0 Å². The van der Waals surface area contributed by atoms with Gasteiger partial charge in [0.2, 0.25) is 0 Å². The molecule has 2 aromatic heterocycles. The van der Waals surface area contributed by atoms with Gasteiger partial charge in [-0.2, -0.15) is 0 Å². The van der Waals surface area contributed by atoms with E-state index in [-0.39, 0.29) is 12.1 Å². The van der Waals surface area contributed by atoms with Gasteiger partial charge in [0, 0.05) is 34.0 Å². The zero-order valence-corrected chi connectivity index (χ0v) is 24.5. The molecule has 1 aliphatic rings. The van der Waals surface area contributed by atoms with Crippen LogP contribution in [0.2, 0.25) is 5.02 Å². The van der Waals surface area contributed by atoms with Crippen molar-refractivity contribution in [2.45, 2.75) is 25.9 Å². The van der Waals surface area contributed by atoms with Crippen molar-refractivity contribution in [1.29, 1.82) is 0 Å². The summed E-state index contributed by atoms with van der Waals surface area (Å²) in [6.07, 6.45) is 1.82. The zero-order valence-electron chi connectivity index (χ0n) is 22.9. The third-order valence-electron chi connectivity index (χ3n) is 7.36. The predicted molar refractivity (Wildman–Crippen MR) is 168 cm³/mol. The molecule has 6 rings (SSSR count). The van der Waals surface area contributed by atoms with Crippen LogP contribution in [0, 0.1) is 13.8 Å². The van der Waals surface area contributed by atoms with Crippen LogP contribution in [0.15, 0.2) is 103 Å². The van der Waals surface area contributed by atoms with Crippen molar-refractivity contribution in [3.8, 4) is 22.9 Å².